The Kier molecular flexibility index (Phi) is 6.44. The fraction of sp³-hybridized carbons (Fsp3) is 0.333. The zero-order chi connectivity index (χ0) is 22.3. The number of fused-ring (bicyclic) bond motifs is 1. The lowest BCUT2D eigenvalue weighted by molar-refractivity contribution is 0.498. The number of thioether (sulfide) groups is 1. The van der Waals surface area contributed by atoms with Crippen LogP contribution in [0.25, 0.3) is 21.6 Å². The zero-order valence-corrected chi connectivity index (χ0v) is 20.6. The van der Waals surface area contributed by atoms with E-state index in [1.165, 1.54) is 11.8 Å². The molecule has 0 fully saturated rings. The zero-order valence-electron chi connectivity index (χ0n) is 17.5. The van der Waals surface area contributed by atoms with Crippen LogP contribution in [0.3, 0.4) is 0 Å². The van der Waals surface area contributed by atoms with Crippen LogP contribution in [0.2, 0.25) is 10.0 Å². The molecule has 0 bridgehead atoms. The molecule has 0 amide bonds. The van der Waals surface area contributed by atoms with Crippen molar-refractivity contribution in [3.63, 3.8) is 0 Å². The molecule has 4 rings (SSSR count). The summed E-state index contributed by atoms with van der Waals surface area (Å²) in [6.45, 7) is 8.97. The van der Waals surface area contributed by atoms with E-state index in [4.69, 9.17) is 23.2 Å². The molecule has 162 valence electrons. The van der Waals surface area contributed by atoms with Gasteiger partial charge < -0.3 is 9.55 Å². The van der Waals surface area contributed by atoms with Gasteiger partial charge in [-0.2, -0.15) is 0 Å². The minimum atomic E-state index is -0.0975. The number of aromatic amines is 1. The van der Waals surface area contributed by atoms with E-state index in [1.54, 1.807) is 23.5 Å². The molecule has 0 unspecified atom stereocenters. The first kappa shape index (κ1) is 22.3. The Bertz CT molecular complexity index is 1330. The summed E-state index contributed by atoms with van der Waals surface area (Å²) in [5.74, 6) is 2.17. The Balaban J connectivity index is 1.66. The number of hydrogen-bond acceptors (Lipinski definition) is 6. The average Bonchev–Trinajstić information content (AvgIpc) is 3.20. The predicted molar refractivity (Wildman–Crippen MR) is 130 cm³/mol. The molecule has 0 saturated carbocycles. The lowest BCUT2D eigenvalue weighted by Crippen LogP contribution is -2.11. The summed E-state index contributed by atoms with van der Waals surface area (Å²) in [6.07, 6.45) is 0. The van der Waals surface area contributed by atoms with Crippen LogP contribution in [0.5, 0.6) is 0 Å². The van der Waals surface area contributed by atoms with Crippen molar-refractivity contribution >= 4 is 56.5 Å². The van der Waals surface area contributed by atoms with E-state index in [2.05, 4.69) is 38.6 Å². The molecule has 10 heteroatoms. The molecule has 1 N–H and O–H groups in total. The molecular formula is C21H21Cl2N5OS2. The molecule has 0 spiro atoms. The van der Waals surface area contributed by atoms with Gasteiger partial charge in [0.2, 0.25) is 0 Å². The van der Waals surface area contributed by atoms with Gasteiger partial charge in [0.1, 0.15) is 10.7 Å². The highest BCUT2D eigenvalue weighted by atomic mass is 35.5. The minimum Gasteiger partial charge on any atom is -0.309 e. The third-order valence-electron chi connectivity index (χ3n) is 4.86. The Morgan fingerprint density at radius 2 is 2.00 bits per heavy atom. The smallest absolute Gasteiger partial charge is 0.259 e. The molecule has 3 aromatic heterocycles. The molecule has 0 atom stereocenters. The van der Waals surface area contributed by atoms with E-state index < -0.39 is 0 Å². The van der Waals surface area contributed by atoms with E-state index in [0.29, 0.717) is 38.8 Å². The third kappa shape index (κ3) is 4.53. The van der Waals surface area contributed by atoms with E-state index in [0.717, 1.165) is 32.5 Å². The lowest BCUT2D eigenvalue weighted by Gasteiger charge is -2.13. The van der Waals surface area contributed by atoms with Gasteiger partial charge >= 0.3 is 0 Å². The van der Waals surface area contributed by atoms with Gasteiger partial charge in [0.05, 0.1) is 16.2 Å². The van der Waals surface area contributed by atoms with Crippen molar-refractivity contribution in [2.75, 3.05) is 0 Å². The molecule has 0 saturated heterocycles. The van der Waals surface area contributed by atoms with Crippen LogP contribution in [0.15, 0.2) is 28.2 Å². The van der Waals surface area contributed by atoms with E-state index in [-0.39, 0.29) is 5.56 Å². The largest absolute Gasteiger partial charge is 0.309 e. The summed E-state index contributed by atoms with van der Waals surface area (Å²) in [5.41, 5.74) is 1.68. The number of hydrogen-bond donors (Lipinski definition) is 1. The number of thiophene rings is 1. The van der Waals surface area contributed by atoms with Crippen molar-refractivity contribution in [2.45, 2.75) is 45.1 Å². The Hall–Kier alpha value is -1.87. The predicted octanol–water partition coefficient (Wildman–Crippen LogP) is 6.12. The van der Waals surface area contributed by atoms with Gasteiger partial charge in [0.15, 0.2) is 11.0 Å². The van der Waals surface area contributed by atoms with Crippen molar-refractivity contribution in [3.05, 3.63) is 54.9 Å². The van der Waals surface area contributed by atoms with Crippen LogP contribution in [-0.2, 0) is 12.3 Å². The first-order valence-electron chi connectivity index (χ1n) is 9.75. The molecule has 0 radical (unpaired) electrons. The van der Waals surface area contributed by atoms with Crippen molar-refractivity contribution < 1.29 is 0 Å². The minimum absolute atomic E-state index is 0.0975. The number of halogens is 2. The SMILES string of the molecule is Cc1sc2nc(CSc3nnc(-c4ccc(Cl)cc4Cl)n3CC(C)C)[nH]c(=O)c2c1C. The Morgan fingerprint density at radius 1 is 1.23 bits per heavy atom. The average molecular weight is 494 g/mol. The normalized spacial score (nSPS) is 11.7. The maximum Gasteiger partial charge on any atom is 0.259 e. The standard InChI is InChI=1S/C21H21Cl2N5OS2/c1-10(2)8-28-18(14-6-5-13(22)7-15(14)23)26-27-21(28)30-9-16-24-19(29)17-11(3)12(4)31-20(17)25-16/h5-7,10H,8-9H2,1-4H3,(H,24,25,29). The van der Waals surface area contributed by atoms with E-state index in [1.807, 2.05) is 19.9 Å². The van der Waals surface area contributed by atoms with Gasteiger partial charge in [-0.25, -0.2) is 4.98 Å². The lowest BCUT2D eigenvalue weighted by atomic mass is 10.2. The quantitative estimate of drug-likeness (QED) is 0.327. The second-order valence-electron chi connectivity index (χ2n) is 7.70. The number of aromatic nitrogens is 5. The van der Waals surface area contributed by atoms with Crippen molar-refractivity contribution in [3.8, 4) is 11.4 Å². The van der Waals surface area contributed by atoms with Gasteiger partial charge in [0, 0.05) is 22.0 Å². The third-order valence-corrected chi connectivity index (χ3v) is 7.49. The van der Waals surface area contributed by atoms with Gasteiger partial charge in [-0.3, -0.25) is 4.79 Å². The summed E-state index contributed by atoms with van der Waals surface area (Å²) in [7, 11) is 0. The molecule has 1 aromatic carbocycles. The van der Waals surface area contributed by atoms with Crippen LogP contribution in [0, 0.1) is 19.8 Å². The fourth-order valence-electron chi connectivity index (χ4n) is 3.30. The fourth-order valence-corrected chi connectivity index (χ4v) is 5.66. The molecule has 0 aliphatic heterocycles. The number of nitrogens with one attached hydrogen (secondary N) is 1. The maximum atomic E-state index is 12.6. The molecule has 4 aromatic rings. The topological polar surface area (TPSA) is 76.5 Å². The van der Waals surface area contributed by atoms with Gasteiger partial charge in [-0.1, -0.05) is 48.8 Å². The van der Waals surface area contributed by atoms with Crippen molar-refractivity contribution in [1.29, 1.82) is 0 Å². The molecule has 0 aliphatic carbocycles. The summed E-state index contributed by atoms with van der Waals surface area (Å²) in [5, 5.41) is 11.3. The number of rotatable bonds is 6. The maximum absolute atomic E-state index is 12.6. The van der Waals surface area contributed by atoms with Crippen molar-refractivity contribution in [2.24, 2.45) is 5.92 Å². The van der Waals surface area contributed by atoms with Crippen LogP contribution in [0.4, 0.5) is 0 Å². The van der Waals surface area contributed by atoms with Crippen LogP contribution in [-0.4, -0.2) is 24.7 Å². The summed E-state index contributed by atoms with van der Waals surface area (Å²) < 4.78 is 2.06. The van der Waals surface area contributed by atoms with E-state index >= 15 is 0 Å². The van der Waals surface area contributed by atoms with Crippen LogP contribution in [0.1, 0.15) is 30.1 Å². The molecular weight excluding hydrogens is 473 g/mol. The summed E-state index contributed by atoms with van der Waals surface area (Å²) >= 11 is 15.5. The number of benzene rings is 1. The number of H-pyrrole nitrogens is 1. The second-order valence-corrected chi connectivity index (χ2v) is 10.7. The van der Waals surface area contributed by atoms with Crippen LogP contribution < -0.4 is 5.56 Å². The Morgan fingerprint density at radius 3 is 2.71 bits per heavy atom. The molecule has 6 nitrogen and oxygen atoms in total. The Labute approximate surface area is 198 Å². The summed E-state index contributed by atoms with van der Waals surface area (Å²) in [6, 6.07) is 5.35. The first-order valence-corrected chi connectivity index (χ1v) is 12.3. The molecule has 3 heterocycles. The highest BCUT2D eigenvalue weighted by Gasteiger charge is 2.19. The van der Waals surface area contributed by atoms with Gasteiger partial charge in [-0.05, 0) is 43.5 Å². The first-order chi connectivity index (χ1) is 14.7. The van der Waals surface area contributed by atoms with Gasteiger partial charge in [0.25, 0.3) is 5.56 Å². The summed E-state index contributed by atoms with van der Waals surface area (Å²) in [4.78, 5) is 22.0. The number of aryl methyl sites for hydroxylation is 2. The highest BCUT2D eigenvalue weighted by molar-refractivity contribution is 7.98. The highest BCUT2D eigenvalue weighted by Crippen LogP contribution is 2.33. The molecule has 31 heavy (non-hydrogen) atoms. The monoisotopic (exact) mass is 493 g/mol. The van der Waals surface area contributed by atoms with Gasteiger partial charge in [-0.15, -0.1) is 21.5 Å². The van der Waals surface area contributed by atoms with Crippen LogP contribution >= 0.6 is 46.3 Å². The molecule has 0 aliphatic rings. The van der Waals surface area contributed by atoms with Crippen molar-refractivity contribution in [1.82, 2.24) is 24.7 Å². The van der Waals surface area contributed by atoms with E-state index in [9.17, 15) is 4.79 Å². The number of nitrogens with zero attached hydrogens (tertiary/aromatic N) is 4. The second kappa shape index (κ2) is 8.94.